The molecule has 6 heteroatoms. The fourth-order valence-electron chi connectivity index (χ4n) is 2.14. The molecule has 5 nitrogen and oxygen atoms in total. The van der Waals surface area contributed by atoms with Gasteiger partial charge in [-0.2, -0.15) is 0 Å². The van der Waals surface area contributed by atoms with E-state index in [0.717, 1.165) is 16.8 Å². The molecule has 2 aromatic heterocycles. The minimum Gasteiger partial charge on any atom is -0.331 e. The van der Waals surface area contributed by atoms with E-state index in [4.69, 9.17) is 0 Å². The standard InChI is InChI=1S/C17H16N4OS/c1-12(13-5-3-2-4-6-13)19-16(22)21-17-20-15(11-23-17)14-7-9-18-10-8-14/h2-12H,1H3,(H2,19,20,21,22). The second kappa shape index (κ2) is 7.02. The molecule has 0 bridgehead atoms. The van der Waals surface area contributed by atoms with E-state index in [0.29, 0.717) is 5.13 Å². The minimum atomic E-state index is -0.267. The molecular weight excluding hydrogens is 308 g/mol. The van der Waals surface area contributed by atoms with Crippen LogP contribution in [0.5, 0.6) is 0 Å². The van der Waals surface area contributed by atoms with E-state index in [-0.39, 0.29) is 12.1 Å². The van der Waals surface area contributed by atoms with Gasteiger partial charge >= 0.3 is 6.03 Å². The van der Waals surface area contributed by atoms with Gasteiger partial charge in [0.15, 0.2) is 5.13 Å². The summed E-state index contributed by atoms with van der Waals surface area (Å²) < 4.78 is 0. The summed E-state index contributed by atoms with van der Waals surface area (Å²) in [5, 5.41) is 8.15. The first-order chi connectivity index (χ1) is 11.2. The van der Waals surface area contributed by atoms with E-state index in [9.17, 15) is 4.79 Å². The molecule has 116 valence electrons. The highest BCUT2D eigenvalue weighted by Gasteiger charge is 2.11. The first kappa shape index (κ1) is 15.2. The van der Waals surface area contributed by atoms with Crippen molar-refractivity contribution in [3.05, 3.63) is 65.8 Å². The van der Waals surface area contributed by atoms with Gasteiger partial charge in [-0.15, -0.1) is 11.3 Å². The number of rotatable bonds is 4. The van der Waals surface area contributed by atoms with Crippen LogP contribution in [0.4, 0.5) is 9.93 Å². The maximum absolute atomic E-state index is 12.1. The van der Waals surface area contributed by atoms with Crippen molar-refractivity contribution < 1.29 is 4.79 Å². The second-order valence-electron chi connectivity index (χ2n) is 5.00. The number of nitrogens with zero attached hydrogens (tertiary/aromatic N) is 2. The lowest BCUT2D eigenvalue weighted by molar-refractivity contribution is 0.249. The lowest BCUT2D eigenvalue weighted by atomic mass is 10.1. The maximum atomic E-state index is 12.1. The van der Waals surface area contributed by atoms with Gasteiger partial charge in [0.1, 0.15) is 0 Å². The molecule has 2 amide bonds. The smallest absolute Gasteiger partial charge is 0.321 e. The van der Waals surface area contributed by atoms with Crippen LogP contribution >= 0.6 is 11.3 Å². The molecule has 0 aliphatic carbocycles. The third kappa shape index (κ3) is 3.92. The fourth-order valence-corrected chi connectivity index (χ4v) is 2.86. The molecule has 0 saturated heterocycles. The highest BCUT2D eigenvalue weighted by Crippen LogP contribution is 2.24. The van der Waals surface area contributed by atoms with Crippen molar-refractivity contribution in [1.29, 1.82) is 0 Å². The average Bonchev–Trinajstić information content (AvgIpc) is 3.04. The molecule has 0 fully saturated rings. The number of hydrogen-bond donors (Lipinski definition) is 2. The lowest BCUT2D eigenvalue weighted by Gasteiger charge is -2.14. The average molecular weight is 324 g/mol. The molecule has 23 heavy (non-hydrogen) atoms. The predicted molar refractivity (Wildman–Crippen MR) is 92.4 cm³/mol. The Hall–Kier alpha value is -2.73. The lowest BCUT2D eigenvalue weighted by Crippen LogP contribution is -2.31. The number of pyridine rings is 1. The van der Waals surface area contributed by atoms with Gasteiger partial charge < -0.3 is 5.32 Å². The van der Waals surface area contributed by atoms with Crippen LogP contribution in [0.25, 0.3) is 11.3 Å². The number of urea groups is 1. The van der Waals surface area contributed by atoms with Gasteiger partial charge in [-0.25, -0.2) is 9.78 Å². The Labute approximate surface area is 138 Å². The van der Waals surface area contributed by atoms with Crippen molar-refractivity contribution >= 4 is 22.5 Å². The number of carbonyl (C=O) groups excluding carboxylic acids is 1. The van der Waals surface area contributed by atoms with Crippen LogP contribution in [0.1, 0.15) is 18.5 Å². The molecule has 1 unspecified atom stereocenters. The topological polar surface area (TPSA) is 66.9 Å². The monoisotopic (exact) mass is 324 g/mol. The van der Waals surface area contributed by atoms with Crippen LogP contribution in [0.15, 0.2) is 60.2 Å². The van der Waals surface area contributed by atoms with E-state index in [1.165, 1.54) is 11.3 Å². The maximum Gasteiger partial charge on any atom is 0.321 e. The largest absolute Gasteiger partial charge is 0.331 e. The van der Waals surface area contributed by atoms with Crippen LogP contribution in [-0.4, -0.2) is 16.0 Å². The zero-order chi connectivity index (χ0) is 16.1. The number of carbonyl (C=O) groups is 1. The van der Waals surface area contributed by atoms with Crippen molar-refractivity contribution in [1.82, 2.24) is 15.3 Å². The second-order valence-corrected chi connectivity index (χ2v) is 5.86. The van der Waals surface area contributed by atoms with Crippen LogP contribution in [0, 0.1) is 0 Å². The van der Waals surface area contributed by atoms with Crippen LogP contribution < -0.4 is 10.6 Å². The third-order valence-corrected chi connectivity index (χ3v) is 4.11. The summed E-state index contributed by atoms with van der Waals surface area (Å²) in [7, 11) is 0. The van der Waals surface area contributed by atoms with Crippen LogP contribution in [-0.2, 0) is 0 Å². The summed E-state index contributed by atoms with van der Waals surface area (Å²) in [6.07, 6.45) is 3.44. The first-order valence-corrected chi connectivity index (χ1v) is 8.09. The van der Waals surface area contributed by atoms with E-state index in [2.05, 4.69) is 20.6 Å². The van der Waals surface area contributed by atoms with Gasteiger partial charge in [0.25, 0.3) is 0 Å². The van der Waals surface area contributed by atoms with Crippen molar-refractivity contribution in [2.24, 2.45) is 0 Å². The number of benzene rings is 1. The summed E-state index contributed by atoms with van der Waals surface area (Å²) in [5.41, 5.74) is 2.85. The summed E-state index contributed by atoms with van der Waals surface area (Å²) in [5.74, 6) is 0. The molecule has 3 aromatic rings. The van der Waals surface area contributed by atoms with Crippen LogP contribution in [0.2, 0.25) is 0 Å². The Morgan fingerprint density at radius 1 is 1.13 bits per heavy atom. The van der Waals surface area contributed by atoms with Gasteiger partial charge in [0.2, 0.25) is 0 Å². The van der Waals surface area contributed by atoms with Gasteiger partial charge in [-0.1, -0.05) is 30.3 Å². The Bertz CT molecular complexity index is 774. The summed E-state index contributed by atoms with van der Waals surface area (Å²) in [6.45, 7) is 1.94. The number of aromatic nitrogens is 2. The first-order valence-electron chi connectivity index (χ1n) is 7.21. The minimum absolute atomic E-state index is 0.0733. The summed E-state index contributed by atoms with van der Waals surface area (Å²) in [6, 6.07) is 13.2. The van der Waals surface area contributed by atoms with Crippen molar-refractivity contribution in [3.63, 3.8) is 0 Å². The molecule has 0 aliphatic rings. The van der Waals surface area contributed by atoms with E-state index in [1.54, 1.807) is 12.4 Å². The third-order valence-electron chi connectivity index (χ3n) is 3.35. The molecular formula is C17H16N4OS. The SMILES string of the molecule is CC(NC(=O)Nc1nc(-c2ccncc2)cs1)c1ccccc1. The Kier molecular flexibility index (Phi) is 4.63. The number of anilines is 1. The molecule has 0 radical (unpaired) electrons. The van der Waals surface area contributed by atoms with Crippen molar-refractivity contribution in [2.45, 2.75) is 13.0 Å². The zero-order valence-corrected chi connectivity index (χ0v) is 13.4. The van der Waals surface area contributed by atoms with E-state index >= 15 is 0 Å². The normalized spacial score (nSPS) is 11.7. The fraction of sp³-hybridized carbons (Fsp3) is 0.118. The summed E-state index contributed by atoms with van der Waals surface area (Å²) in [4.78, 5) is 20.5. The number of hydrogen-bond acceptors (Lipinski definition) is 4. The molecule has 3 rings (SSSR count). The molecule has 1 aromatic carbocycles. The number of thiazole rings is 1. The van der Waals surface area contributed by atoms with Gasteiger partial charge in [0.05, 0.1) is 11.7 Å². The molecule has 0 aliphatic heterocycles. The number of amides is 2. The van der Waals surface area contributed by atoms with Gasteiger partial charge in [-0.05, 0) is 24.6 Å². The van der Waals surface area contributed by atoms with Crippen molar-refractivity contribution in [3.8, 4) is 11.3 Å². The number of nitrogens with one attached hydrogen (secondary N) is 2. The predicted octanol–water partition coefficient (Wildman–Crippen LogP) is 4.09. The molecule has 0 saturated carbocycles. The summed E-state index contributed by atoms with van der Waals surface area (Å²) >= 11 is 1.39. The van der Waals surface area contributed by atoms with E-state index < -0.39 is 0 Å². The quantitative estimate of drug-likeness (QED) is 0.759. The molecule has 2 N–H and O–H groups in total. The highest BCUT2D eigenvalue weighted by atomic mass is 32.1. The Morgan fingerprint density at radius 3 is 2.61 bits per heavy atom. The Balaban J connectivity index is 1.61. The molecule has 1 atom stereocenters. The van der Waals surface area contributed by atoms with Gasteiger partial charge in [-0.3, -0.25) is 10.3 Å². The van der Waals surface area contributed by atoms with Crippen LogP contribution in [0.3, 0.4) is 0 Å². The van der Waals surface area contributed by atoms with Crippen molar-refractivity contribution in [2.75, 3.05) is 5.32 Å². The Morgan fingerprint density at radius 2 is 1.87 bits per heavy atom. The molecule has 0 spiro atoms. The zero-order valence-electron chi connectivity index (χ0n) is 12.6. The van der Waals surface area contributed by atoms with E-state index in [1.807, 2.05) is 54.8 Å². The molecule has 2 heterocycles. The highest BCUT2D eigenvalue weighted by molar-refractivity contribution is 7.14. The van der Waals surface area contributed by atoms with Gasteiger partial charge in [0, 0.05) is 23.3 Å².